The highest BCUT2D eigenvalue weighted by atomic mass is 35.5. The molecule has 1 fully saturated rings. The van der Waals surface area contributed by atoms with Gasteiger partial charge in [-0.2, -0.15) is 0 Å². The van der Waals surface area contributed by atoms with Crippen molar-refractivity contribution in [3.05, 3.63) is 58.5 Å². The van der Waals surface area contributed by atoms with E-state index in [0.29, 0.717) is 26.1 Å². The van der Waals surface area contributed by atoms with Crippen LogP contribution in [0.15, 0.2) is 36.5 Å². The van der Waals surface area contributed by atoms with Crippen LogP contribution in [0.3, 0.4) is 0 Å². The quantitative estimate of drug-likeness (QED) is 0.822. The van der Waals surface area contributed by atoms with Crippen LogP contribution in [-0.2, 0) is 11.3 Å². The van der Waals surface area contributed by atoms with Crippen LogP contribution < -0.4 is 10.1 Å². The van der Waals surface area contributed by atoms with Crippen molar-refractivity contribution in [1.82, 2.24) is 15.2 Å². The second kappa shape index (κ2) is 8.35. The fourth-order valence-corrected chi connectivity index (χ4v) is 3.10. The van der Waals surface area contributed by atoms with Crippen LogP contribution in [0, 0.1) is 5.82 Å². The van der Waals surface area contributed by atoms with Crippen molar-refractivity contribution in [2.75, 3.05) is 13.2 Å². The van der Waals surface area contributed by atoms with Crippen molar-refractivity contribution in [3.8, 4) is 5.88 Å². The molecule has 2 heterocycles. The van der Waals surface area contributed by atoms with E-state index in [2.05, 4.69) is 10.3 Å². The van der Waals surface area contributed by atoms with Crippen LogP contribution in [0.5, 0.6) is 5.88 Å². The van der Waals surface area contributed by atoms with E-state index in [9.17, 15) is 14.0 Å². The zero-order valence-electron chi connectivity index (χ0n) is 14.7. The number of ether oxygens (including phenoxy) is 1. The molecular weight excluding hydrogens is 373 g/mol. The normalized spacial score (nSPS) is 16.5. The molecule has 27 heavy (non-hydrogen) atoms. The van der Waals surface area contributed by atoms with Gasteiger partial charge in [0.25, 0.3) is 5.91 Å². The third kappa shape index (κ3) is 4.54. The second-order valence-electron chi connectivity index (χ2n) is 6.14. The highest BCUT2D eigenvalue weighted by molar-refractivity contribution is 6.32. The summed E-state index contributed by atoms with van der Waals surface area (Å²) in [5.74, 6) is -0.649. The third-order valence-corrected chi connectivity index (χ3v) is 4.51. The van der Waals surface area contributed by atoms with Gasteiger partial charge in [0.05, 0.1) is 12.2 Å². The van der Waals surface area contributed by atoms with Crippen molar-refractivity contribution >= 4 is 23.4 Å². The van der Waals surface area contributed by atoms with Gasteiger partial charge in [-0.3, -0.25) is 9.59 Å². The zero-order chi connectivity index (χ0) is 19.4. The number of hydrogen-bond acceptors (Lipinski definition) is 4. The minimum absolute atomic E-state index is 0.169. The fourth-order valence-electron chi connectivity index (χ4n) is 2.87. The first-order valence-corrected chi connectivity index (χ1v) is 8.98. The number of likely N-dealkylation sites (tertiary alicyclic amines) is 1. The van der Waals surface area contributed by atoms with Crippen molar-refractivity contribution in [2.24, 2.45) is 0 Å². The molecule has 1 saturated heterocycles. The molecule has 1 aromatic carbocycles. The highest BCUT2D eigenvalue weighted by Gasteiger charge is 2.33. The van der Waals surface area contributed by atoms with E-state index >= 15 is 0 Å². The Morgan fingerprint density at radius 1 is 1.41 bits per heavy atom. The molecule has 1 N–H and O–H groups in total. The first-order valence-electron chi connectivity index (χ1n) is 8.60. The maximum Gasteiger partial charge on any atom is 0.253 e. The number of carbonyl (C=O) groups excluding carboxylic acids is 2. The lowest BCUT2D eigenvalue weighted by Crippen LogP contribution is -2.41. The number of hydrogen-bond donors (Lipinski definition) is 1. The van der Waals surface area contributed by atoms with Crippen LogP contribution in [0.25, 0.3) is 0 Å². The minimum atomic E-state index is -0.608. The van der Waals surface area contributed by atoms with E-state index in [0.717, 1.165) is 5.56 Å². The smallest absolute Gasteiger partial charge is 0.253 e. The van der Waals surface area contributed by atoms with Crippen LogP contribution >= 0.6 is 11.6 Å². The molecule has 0 spiro atoms. The maximum atomic E-state index is 13.0. The number of carbonyl (C=O) groups is 2. The molecular formula is C19H19ClFN3O3. The van der Waals surface area contributed by atoms with Crippen LogP contribution in [0.2, 0.25) is 5.02 Å². The summed E-state index contributed by atoms with van der Waals surface area (Å²) in [6, 6.07) is 6.85. The Bertz CT molecular complexity index is 845. The molecule has 0 unspecified atom stereocenters. The fraction of sp³-hybridized carbons (Fsp3) is 0.316. The van der Waals surface area contributed by atoms with Gasteiger partial charge in [-0.1, -0.05) is 23.7 Å². The molecule has 1 aliphatic heterocycles. The van der Waals surface area contributed by atoms with Gasteiger partial charge >= 0.3 is 0 Å². The molecule has 2 aromatic rings. The summed E-state index contributed by atoms with van der Waals surface area (Å²) in [5.41, 5.74) is 1.09. The average molecular weight is 392 g/mol. The van der Waals surface area contributed by atoms with Crippen molar-refractivity contribution < 1.29 is 18.7 Å². The predicted octanol–water partition coefficient (Wildman–Crippen LogP) is 2.80. The van der Waals surface area contributed by atoms with Gasteiger partial charge in [0.1, 0.15) is 16.9 Å². The van der Waals surface area contributed by atoms with Gasteiger partial charge in [0.2, 0.25) is 11.8 Å². The molecule has 0 aliphatic carbocycles. The molecule has 0 saturated carbocycles. The SMILES string of the molecule is CCOc1ncc(C(=O)N[C@@H]2CCN(Cc3ccc(F)cc3)C2=O)cc1Cl. The molecule has 1 aliphatic rings. The first-order chi connectivity index (χ1) is 13.0. The maximum absolute atomic E-state index is 13.0. The Labute approximate surface area is 161 Å². The summed E-state index contributed by atoms with van der Waals surface area (Å²) in [6.45, 7) is 3.12. The van der Waals surface area contributed by atoms with E-state index in [-0.39, 0.29) is 28.2 Å². The van der Waals surface area contributed by atoms with Crippen LogP contribution in [0.1, 0.15) is 29.3 Å². The number of halogens is 2. The largest absolute Gasteiger partial charge is 0.477 e. The van der Waals surface area contributed by atoms with E-state index in [1.54, 1.807) is 17.0 Å². The molecule has 2 amide bonds. The zero-order valence-corrected chi connectivity index (χ0v) is 15.5. The van der Waals surface area contributed by atoms with Crippen LogP contribution in [-0.4, -0.2) is 40.9 Å². The summed E-state index contributed by atoms with van der Waals surface area (Å²) in [6.07, 6.45) is 1.87. The summed E-state index contributed by atoms with van der Waals surface area (Å²) < 4.78 is 18.2. The summed E-state index contributed by atoms with van der Waals surface area (Å²) >= 11 is 6.05. The van der Waals surface area contributed by atoms with Gasteiger partial charge in [0, 0.05) is 19.3 Å². The van der Waals surface area contributed by atoms with Gasteiger partial charge in [-0.15, -0.1) is 0 Å². The Kier molecular flexibility index (Phi) is 5.91. The van der Waals surface area contributed by atoms with Gasteiger partial charge in [0.15, 0.2) is 0 Å². The third-order valence-electron chi connectivity index (χ3n) is 4.24. The molecule has 0 radical (unpaired) electrons. The van der Waals surface area contributed by atoms with E-state index in [1.807, 2.05) is 6.92 Å². The minimum Gasteiger partial charge on any atom is -0.477 e. The molecule has 1 aromatic heterocycles. The Hall–Kier alpha value is -2.67. The topological polar surface area (TPSA) is 71.5 Å². The first kappa shape index (κ1) is 19.1. The molecule has 8 heteroatoms. The van der Waals surface area contributed by atoms with Gasteiger partial charge in [-0.05, 0) is 37.1 Å². The summed E-state index contributed by atoms with van der Waals surface area (Å²) in [7, 11) is 0. The number of nitrogens with zero attached hydrogens (tertiary/aromatic N) is 2. The Morgan fingerprint density at radius 3 is 2.81 bits per heavy atom. The number of pyridine rings is 1. The van der Waals surface area contributed by atoms with E-state index in [1.165, 1.54) is 24.4 Å². The average Bonchev–Trinajstić information content (AvgIpc) is 2.98. The van der Waals surface area contributed by atoms with Gasteiger partial charge < -0.3 is 15.0 Å². The molecule has 142 valence electrons. The predicted molar refractivity (Wildman–Crippen MR) is 98.1 cm³/mol. The van der Waals surface area contributed by atoms with E-state index in [4.69, 9.17) is 16.3 Å². The number of rotatable bonds is 6. The molecule has 0 bridgehead atoms. The lowest BCUT2D eigenvalue weighted by Gasteiger charge is -2.17. The van der Waals surface area contributed by atoms with Crippen molar-refractivity contribution in [2.45, 2.75) is 25.9 Å². The molecule has 1 atom stereocenters. The number of nitrogens with one attached hydrogen (secondary N) is 1. The van der Waals surface area contributed by atoms with Crippen molar-refractivity contribution in [3.63, 3.8) is 0 Å². The summed E-state index contributed by atoms with van der Waals surface area (Å²) in [4.78, 5) is 30.6. The lowest BCUT2D eigenvalue weighted by atomic mass is 10.2. The van der Waals surface area contributed by atoms with E-state index < -0.39 is 11.9 Å². The monoisotopic (exact) mass is 391 g/mol. The standard InChI is InChI=1S/C19H19ClFN3O3/c1-2-27-18-15(20)9-13(10-22-18)17(25)23-16-7-8-24(19(16)26)11-12-3-5-14(21)6-4-12/h3-6,9-10,16H,2,7-8,11H2,1H3,(H,23,25)/t16-/m1/s1. The van der Waals surface area contributed by atoms with Crippen molar-refractivity contribution in [1.29, 1.82) is 0 Å². The number of amides is 2. The van der Waals surface area contributed by atoms with Crippen LogP contribution in [0.4, 0.5) is 4.39 Å². The number of aromatic nitrogens is 1. The second-order valence-corrected chi connectivity index (χ2v) is 6.55. The molecule has 3 rings (SSSR count). The highest BCUT2D eigenvalue weighted by Crippen LogP contribution is 2.23. The molecule has 6 nitrogen and oxygen atoms in total. The summed E-state index contributed by atoms with van der Waals surface area (Å²) in [5, 5.41) is 2.96. The lowest BCUT2D eigenvalue weighted by molar-refractivity contribution is -0.129. The van der Waals surface area contributed by atoms with Gasteiger partial charge in [-0.25, -0.2) is 9.37 Å². The number of benzene rings is 1. The Balaban J connectivity index is 1.61. The Morgan fingerprint density at radius 2 is 2.15 bits per heavy atom.